The molecule has 0 unspecified atom stereocenters. The second-order valence-corrected chi connectivity index (χ2v) is 5.45. The number of nitrogens with one attached hydrogen (secondary N) is 1. The number of thiocarbonyl (C=S) groups is 1. The highest BCUT2D eigenvalue weighted by Gasteiger charge is 2.37. The highest BCUT2D eigenvalue weighted by atomic mass is 32.1. The maximum Gasteiger partial charge on any atom is 0.233 e. The van der Waals surface area contributed by atoms with Gasteiger partial charge in [-0.25, -0.2) is 0 Å². The molecule has 0 saturated heterocycles. The predicted octanol–water partition coefficient (Wildman–Crippen LogP) is 2.45. The molecule has 0 bridgehead atoms. The molecule has 21 heavy (non-hydrogen) atoms. The Hall–Kier alpha value is -1.62. The molecule has 0 heterocycles. The summed E-state index contributed by atoms with van der Waals surface area (Å²) in [5, 5.41) is 2.95. The summed E-state index contributed by atoms with van der Waals surface area (Å²) in [5.41, 5.74) is 6.18. The summed E-state index contributed by atoms with van der Waals surface area (Å²) in [7, 11) is 1.64. The van der Waals surface area contributed by atoms with E-state index in [-0.39, 0.29) is 10.9 Å². The smallest absolute Gasteiger partial charge is 0.233 e. The van der Waals surface area contributed by atoms with Crippen molar-refractivity contribution in [1.82, 2.24) is 5.32 Å². The molecule has 0 aliphatic heterocycles. The Labute approximate surface area is 132 Å². The normalized spacial score (nSPS) is 11.0. The van der Waals surface area contributed by atoms with E-state index in [0.29, 0.717) is 19.4 Å². The van der Waals surface area contributed by atoms with Crippen LogP contribution in [0.2, 0.25) is 0 Å². The van der Waals surface area contributed by atoms with E-state index in [9.17, 15) is 4.79 Å². The van der Waals surface area contributed by atoms with Crippen molar-refractivity contribution >= 4 is 23.1 Å². The number of benzene rings is 1. The summed E-state index contributed by atoms with van der Waals surface area (Å²) in [5.74, 6) is 0.751. The minimum atomic E-state index is -0.727. The second kappa shape index (κ2) is 7.98. The monoisotopic (exact) mass is 308 g/mol. The molecule has 3 N–H and O–H groups in total. The number of methoxy groups -OCH3 is 1. The van der Waals surface area contributed by atoms with Crippen LogP contribution in [-0.2, 0) is 11.2 Å². The first-order chi connectivity index (χ1) is 10.00. The average Bonchev–Trinajstić information content (AvgIpc) is 2.49. The van der Waals surface area contributed by atoms with Gasteiger partial charge in [0, 0.05) is 6.54 Å². The van der Waals surface area contributed by atoms with Gasteiger partial charge in [-0.3, -0.25) is 4.79 Å². The fraction of sp³-hybridized carbons (Fsp3) is 0.500. The van der Waals surface area contributed by atoms with Crippen molar-refractivity contribution in [3.05, 3.63) is 29.8 Å². The van der Waals surface area contributed by atoms with Crippen molar-refractivity contribution in [2.75, 3.05) is 13.7 Å². The van der Waals surface area contributed by atoms with Gasteiger partial charge in [0.15, 0.2) is 0 Å². The fourth-order valence-corrected chi connectivity index (χ4v) is 2.69. The van der Waals surface area contributed by atoms with Crippen LogP contribution in [0.4, 0.5) is 0 Å². The van der Waals surface area contributed by atoms with Gasteiger partial charge in [0.2, 0.25) is 5.91 Å². The van der Waals surface area contributed by atoms with E-state index in [1.165, 1.54) is 0 Å². The van der Waals surface area contributed by atoms with Gasteiger partial charge in [-0.1, -0.05) is 38.2 Å². The molecule has 1 aromatic rings. The van der Waals surface area contributed by atoms with E-state index >= 15 is 0 Å². The van der Waals surface area contributed by atoms with E-state index in [4.69, 9.17) is 22.7 Å². The van der Waals surface area contributed by atoms with Gasteiger partial charge in [-0.2, -0.15) is 0 Å². The molecule has 0 aliphatic carbocycles. The van der Waals surface area contributed by atoms with Crippen LogP contribution in [0.25, 0.3) is 0 Å². The first-order valence-corrected chi connectivity index (χ1v) is 7.62. The van der Waals surface area contributed by atoms with Crippen LogP contribution in [0.15, 0.2) is 24.3 Å². The minimum absolute atomic E-state index is 0.0755. The number of nitrogens with two attached hydrogens (primary N) is 1. The average molecular weight is 308 g/mol. The lowest BCUT2D eigenvalue weighted by Crippen LogP contribution is -2.48. The molecule has 1 aromatic carbocycles. The first-order valence-electron chi connectivity index (χ1n) is 7.21. The third-order valence-corrected chi connectivity index (χ3v) is 4.36. The molecule has 4 nitrogen and oxygen atoms in total. The summed E-state index contributed by atoms with van der Waals surface area (Å²) >= 11 is 5.08. The van der Waals surface area contributed by atoms with Crippen molar-refractivity contribution < 1.29 is 9.53 Å². The van der Waals surface area contributed by atoms with Gasteiger partial charge in [0.05, 0.1) is 17.5 Å². The van der Waals surface area contributed by atoms with Gasteiger partial charge in [-0.15, -0.1) is 0 Å². The lowest BCUT2D eigenvalue weighted by atomic mass is 9.81. The van der Waals surface area contributed by atoms with E-state index < -0.39 is 5.41 Å². The topological polar surface area (TPSA) is 64.3 Å². The van der Waals surface area contributed by atoms with Gasteiger partial charge in [-0.05, 0) is 37.0 Å². The van der Waals surface area contributed by atoms with Crippen molar-refractivity contribution in [3.8, 4) is 5.75 Å². The molecule has 0 radical (unpaired) electrons. The zero-order valence-electron chi connectivity index (χ0n) is 12.9. The third-order valence-electron chi connectivity index (χ3n) is 3.97. The lowest BCUT2D eigenvalue weighted by Gasteiger charge is -2.28. The molecule has 0 aromatic heterocycles. The maximum absolute atomic E-state index is 12.4. The minimum Gasteiger partial charge on any atom is -0.497 e. The van der Waals surface area contributed by atoms with E-state index in [0.717, 1.165) is 17.7 Å². The van der Waals surface area contributed by atoms with Crippen LogP contribution in [0.5, 0.6) is 5.75 Å². The standard InChI is InChI=1S/C16H24N2O2S/c1-4-16(5-2,14(17)21)15(19)18-11-10-12-6-8-13(20-3)9-7-12/h6-9H,4-5,10-11H2,1-3H3,(H2,17,21)(H,18,19). The lowest BCUT2D eigenvalue weighted by molar-refractivity contribution is -0.127. The maximum atomic E-state index is 12.4. The highest BCUT2D eigenvalue weighted by molar-refractivity contribution is 7.80. The van der Waals surface area contributed by atoms with Crippen LogP contribution in [0.3, 0.4) is 0 Å². The molecule has 1 amide bonds. The van der Waals surface area contributed by atoms with Crippen LogP contribution >= 0.6 is 12.2 Å². The SMILES string of the molecule is CCC(CC)(C(=O)NCCc1ccc(OC)cc1)C(N)=S. The zero-order chi connectivity index (χ0) is 15.9. The molecular formula is C16H24N2O2S. The third kappa shape index (κ3) is 4.17. The Morgan fingerprint density at radius 2 is 1.86 bits per heavy atom. The van der Waals surface area contributed by atoms with E-state index in [2.05, 4.69) is 5.32 Å². The molecule has 0 aliphatic rings. The zero-order valence-corrected chi connectivity index (χ0v) is 13.8. The summed E-state index contributed by atoms with van der Waals surface area (Å²) in [6, 6.07) is 7.81. The summed E-state index contributed by atoms with van der Waals surface area (Å²) in [6.07, 6.45) is 2.00. The van der Waals surface area contributed by atoms with Crippen LogP contribution < -0.4 is 15.8 Å². The van der Waals surface area contributed by atoms with E-state index in [1.807, 2.05) is 38.1 Å². The van der Waals surface area contributed by atoms with Crippen LogP contribution in [-0.4, -0.2) is 24.6 Å². The molecular weight excluding hydrogens is 284 g/mol. The van der Waals surface area contributed by atoms with Crippen molar-refractivity contribution in [3.63, 3.8) is 0 Å². The van der Waals surface area contributed by atoms with Crippen molar-refractivity contribution in [1.29, 1.82) is 0 Å². The molecule has 1 rings (SSSR count). The Morgan fingerprint density at radius 3 is 2.29 bits per heavy atom. The van der Waals surface area contributed by atoms with Gasteiger partial charge >= 0.3 is 0 Å². The number of carbonyl (C=O) groups is 1. The Morgan fingerprint density at radius 1 is 1.29 bits per heavy atom. The highest BCUT2D eigenvalue weighted by Crippen LogP contribution is 2.27. The van der Waals surface area contributed by atoms with Crippen molar-refractivity contribution in [2.24, 2.45) is 11.1 Å². The van der Waals surface area contributed by atoms with Gasteiger partial charge in [0.1, 0.15) is 5.75 Å². The number of carbonyl (C=O) groups excluding carboxylic acids is 1. The quantitative estimate of drug-likeness (QED) is 0.724. The van der Waals surface area contributed by atoms with Crippen molar-refractivity contribution in [2.45, 2.75) is 33.1 Å². The number of rotatable bonds is 8. The fourth-order valence-electron chi connectivity index (χ4n) is 2.31. The molecule has 0 spiro atoms. The summed E-state index contributed by atoms with van der Waals surface area (Å²) < 4.78 is 5.11. The van der Waals surface area contributed by atoms with Gasteiger partial charge in [0.25, 0.3) is 0 Å². The van der Waals surface area contributed by atoms with Crippen LogP contribution in [0.1, 0.15) is 32.3 Å². The first kappa shape index (κ1) is 17.4. The molecule has 0 atom stereocenters. The number of hydrogen-bond donors (Lipinski definition) is 2. The Kier molecular flexibility index (Phi) is 6.62. The molecule has 5 heteroatoms. The number of amides is 1. The Bertz CT molecular complexity index is 482. The predicted molar refractivity (Wildman–Crippen MR) is 89.5 cm³/mol. The van der Waals surface area contributed by atoms with Gasteiger partial charge < -0.3 is 15.8 Å². The summed E-state index contributed by atoms with van der Waals surface area (Å²) in [6.45, 7) is 4.44. The molecule has 0 fully saturated rings. The van der Waals surface area contributed by atoms with E-state index in [1.54, 1.807) is 7.11 Å². The second-order valence-electron chi connectivity index (χ2n) is 5.01. The number of hydrogen-bond acceptors (Lipinski definition) is 3. The Balaban J connectivity index is 2.57. The number of ether oxygens (including phenoxy) is 1. The molecule has 0 saturated carbocycles. The molecule has 116 valence electrons. The summed E-state index contributed by atoms with van der Waals surface area (Å²) in [4.78, 5) is 12.6. The largest absolute Gasteiger partial charge is 0.497 e. The van der Waals surface area contributed by atoms with Crippen LogP contribution in [0, 0.1) is 5.41 Å².